The van der Waals surface area contributed by atoms with Crippen LogP contribution in [0.25, 0.3) is 0 Å². The minimum Gasteiger partial charge on any atom is -0.393 e. The Morgan fingerprint density at radius 2 is 1.85 bits per heavy atom. The van der Waals surface area contributed by atoms with Gasteiger partial charge < -0.3 is 5.11 Å². The van der Waals surface area contributed by atoms with E-state index in [1.54, 1.807) is 0 Å². The molecule has 0 amide bonds. The number of rotatable bonds is 1. The van der Waals surface area contributed by atoms with Crippen LogP contribution in [0.1, 0.15) is 44.9 Å². The molecule has 2 aliphatic carbocycles. The topological polar surface area (TPSA) is 20.2 Å². The van der Waals surface area contributed by atoms with Gasteiger partial charge >= 0.3 is 0 Å². The number of aliphatic hydroxyl groups excluding tert-OH is 1. The Kier molecular flexibility index (Phi) is 2.90. The molecule has 0 aromatic heterocycles. The van der Waals surface area contributed by atoms with Crippen molar-refractivity contribution in [1.29, 1.82) is 0 Å². The molecule has 1 heteroatoms. The fraction of sp³-hybridized carbons (Fsp3) is 0.833. The average Bonchev–Trinajstić information content (AvgIpc) is 2.92. The lowest BCUT2D eigenvalue weighted by atomic mass is 9.84. The van der Waals surface area contributed by atoms with Crippen LogP contribution >= 0.6 is 0 Å². The van der Waals surface area contributed by atoms with Crippen LogP contribution in [0.2, 0.25) is 0 Å². The minimum absolute atomic E-state index is 0.0674. The molecule has 0 spiro atoms. The molecule has 0 aromatic carbocycles. The van der Waals surface area contributed by atoms with E-state index in [-0.39, 0.29) is 6.10 Å². The molecular weight excluding hydrogens is 160 g/mol. The van der Waals surface area contributed by atoms with Crippen LogP contribution in [0.5, 0.6) is 0 Å². The summed E-state index contributed by atoms with van der Waals surface area (Å²) in [7, 11) is 0. The van der Waals surface area contributed by atoms with Crippen LogP contribution in [0.3, 0.4) is 0 Å². The summed E-state index contributed by atoms with van der Waals surface area (Å²) in [6, 6.07) is 0. The van der Waals surface area contributed by atoms with E-state index in [1.165, 1.54) is 32.1 Å². The van der Waals surface area contributed by atoms with Gasteiger partial charge in [0.1, 0.15) is 0 Å². The first-order chi connectivity index (χ1) is 6.36. The maximum Gasteiger partial charge on any atom is 0.0577 e. The van der Waals surface area contributed by atoms with Crippen molar-refractivity contribution in [2.24, 2.45) is 11.8 Å². The molecule has 0 bridgehead atoms. The van der Waals surface area contributed by atoms with Crippen LogP contribution < -0.4 is 0 Å². The van der Waals surface area contributed by atoms with Gasteiger partial charge in [0.25, 0.3) is 0 Å². The Morgan fingerprint density at radius 3 is 2.54 bits per heavy atom. The number of hydrogen-bond acceptors (Lipinski definition) is 1. The molecule has 0 aliphatic heterocycles. The van der Waals surface area contributed by atoms with Gasteiger partial charge in [-0.15, -0.1) is 5.92 Å². The summed E-state index contributed by atoms with van der Waals surface area (Å²) in [6.45, 7) is 0. The number of aliphatic hydroxyl groups is 1. The van der Waals surface area contributed by atoms with Crippen molar-refractivity contribution in [2.45, 2.75) is 51.0 Å². The lowest BCUT2D eigenvalue weighted by Crippen LogP contribution is -2.23. The molecule has 0 radical (unpaired) electrons. The van der Waals surface area contributed by atoms with Crippen molar-refractivity contribution in [2.75, 3.05) is 0 Å². The third-order valence-corrected chi connectivity index (χ3v) is 3.12. The van der Waals surface area contributed by atoms with Gasteiger partial charge in [0.15, 0.2) is 0 Å². The molecular formula is C12H18O. The second-order valence-corrected chi connectivity index (χ2v) is 4.41. The molecule has 0 heterocycles. The van der Waals surface area contributed by atoms with E-state index in [2.05, 4.69) is 11.8 Å². The normalized spacial score (nSPS) is 33.6. The van der Waals surface area contributed by atoms with E-state index in [4.69, 9.17) is 0 Å². The quantitative estimate of drug-likeness (QED) is 0.611. The molecule has 2 saturated carbocycles. The lowest BCUT2D eigenvalue weighted by Gasteiger charge is -2.25. The standard InChI is InChI=1S/C12H18O/c13-12-7-2-1-5-11(12)6-3-4-10-8-9-10/h10-13H,1-2,5-9H2. The molecule has 72 valence electrons. The van der Waals surface area contributed by atoms with Gasteiger partial charge in [-0.25, -0.2) is 0 Å². The first kappa shape index (κ1) is 9.09. The van der Waals surface area contributed by atoms with Gasteiger partial charge in [-0.2, -0.15) is 0 Å². The van der Waals surface area contributed by atoms with E-state index < -0.39 is 0 Å². The van der Waals surface area contributed by atoms with Gasteiger partial charge in [-0.1, -0.05) is 18.8 Å². The zero-order valence-electron chi connectivity index (χ0n) is 8.13. The Labute approximate surface area is 80.5 Å². The van der Waals surface area contributed by atoms with Crippen molar-refractivity contribution < 1.29 is 5.11 Å². The fourth-order valence-corrected chi connectivity index (χ4v) is 1.99. The van der Waals surface area contributed by atoms with Gasteiger partial charge in [-0.05, 0) is 31.6 Å². The third kappa shape index (κ3) is 2.74. The summed E-state index contributed by atoms with van der Waals surface area (Å²) in [5.41, 5.74) is 0. The highest BCUT2D eigenvalue weighted by Gasteiger charge is 2.22. The van der Waals surface area contributed by atoms with Crippen LogP contribution in [-0.2, 0) is 0 Å². The zero-order chi connectivity index (χ0) is 9.10. The molecule has 2 rings (SSSR count). The molecule has 0 aromatic rings. The predicted octanol–water partition coefficient (Wildman–Crippen LogP) is 2.34. The Balaban J connectivity index is 1.75. The second-order valence-electron chi connectivity index (χ2n) is 4.41. The smallest absolute Gasteiger partial charge is 0.0577 e. The van der Waals surface area contributed by atoms with E-state index in [0.717, 1.165) is 12.8 Å². The van der Waals surface area contributed by atoms with E-state index in [9.17, 15) is 5.11 Å². The van der Waals surface area contributed by atoms with Crippen molar-refractivity contribution in [3.8, 4) is 11.8 Å². The van der Waals surface area contributed by atoms with E-state index in [1.807, 2.05) is 0 Å². The van der Waals surface area contributed by atoms with Gasteiger partial charge in [0.05, 0.1) is 6.10 Å². The Morgan fingerprint density at radius 1 is 1.08 bits per heavy atom. The zero-order valence-corrected chi connectivity index (χ0v) is 8.13. The van der Waals surface area contributed by atoms with Crippen molar-refractivity contribution >= 4 is 0 Å². The summed E-state index contributed by atoms with van der Waals surface area (Å²) in [5.74, 6) is 7.68. The predicted molar refractivity (Wildman–Crippen MR) is 53.1 cm³/mol. The average molecular weight is 178 g/mol. The molecule has 2 atom stereocenters. The fourth-order valence-electron chi connectivity index (χ4n) is 1.99. The molecule has 0 saturated heterocycles. The van der Waals surface area contributed by atoms with Crippen LogP contribution in [-0.4, -0.2) is 11.2 Å². The van der Waals surface area contributed by atoms with Crippen LogP contribution in [0.15, 0.2) is 0 Å². The summed E-state index contributed by atoms with van der Waals surface area (Å²) in [4.78, 5) is 0. The van der Waals surface area contributed by atoms with Gasteiger partial charge in [-0.3, -0.25) is 0 Å². The Hall–Kier alpha value is -0.480. The maximum atomic E-state index is 9.68. The molecule has 13 heavy (non-hydrogen) atoms. The third-order valence-electron chi connectivity index (χ3n) is 3.12. The van der Waals surface area contributed by atoms with Crippen molar-refractivity contribution in [1.82, 2.24) is 0 Å². The van der Waals surface area contributed by atoms with Crippen molar-refractivity contribution in [3.05, 3.63) is 0 Å². The molecule has 2 unspecified atom stereocenters. The Bertz CT molecular complexity index is 219. The monoisotopic (exact) mass is 178 g/mol. The highest BCUT2D eigenvalue weighted by molar-refractivity contribution is 5.09. The number of hydrogen-bond donors (Lipinski definition) is 1. The lowest BCUT2D eigenvalue weighted by molar-refractivity contribution is 0.0724. The summed E-state index contributed by atoms with van der Waals surface area (Å²) >= 11 is 0. The molecule has 1 nitrogen and oxygen atoms in total. The van der Waals surface area contributed by atoms with Crippen LogP contribution in [0.4, 0.5) is 0 Å². The van der Waals surface area contributed by atoms with E-state index >= 15 is 0 Å². The van der Waals surface area contributed by atoms with Gasteiger partial charge in [0, 0.05) is 12.3 Å². The molecule has 2 fully saturated rings. The summed E-state index contributed by atoms with van der Waals surface area (Å²) < 4.78 is 0. The SMILES string of the molecule is OC1CCCCC1CC#CC1CC1. The van der Waals surface area contributed by atoms with Crippen LogP contribution in [0, 0.1) is 23.7 Å². The second kappa shape index (κ2) is 4.15. The first-order valence-electron chi connectivity index (χ1n) is 5.53. The summed E-state index contributed by atoms with van der Waals surface area (Å²) in [5, 5.41) is 9.68. The first-order valence-corrected chi connectivity index (χ1v) is 5.53. The van der Waals surface area contributed by atoms with E-state index in [0.29, 0.717) is 11.8 Å². The molecule has 1 N–H and O–H groups in total. The highest BCUT2D eigenvalue weighted by atomic mass is 16.3. The minimum atomic E-state index is -0.0674. The van der Waals surface area contributed by atoms with Crippen molar-refractivity contribution in [3.63, 3.8) is 0 Å². The molecule has 2 aliphatic rings. The highest BCUT2D eigenvalue weighted by Crippen LogP contribution is 2.29. The largest absolute Gasteiger partial charge is 0.393 e. The van der Waals surface area contributed by atoms with Gasteiger partial charge in [0.2, 0.25) is 0 Å². The summed E-state index contributed by atoms with van der Waals surface area (Å²) in [6.07, 6.45) is 8.14. The maximum absolute atomic E-state index is 9.68.